The zero-order valence-electron chi connectivity index (χ0n) is 15.0. The fraction of sp³-hybridized carbons (Fsp3) is 0.263. The summed E-state index contributed by atoms with van der Waals surface area (Å²) in [5.41, 5.74) is 0.229. The van der Waals surface area contributed by atoms with Crippen LogP contribution in [0.1, 0.15) is 28.6 Å². The molecule has 0 aliphatic carbocycles. The lowest BCUT2D eigenvalue weighted by Crippen LogP contribution is -2.32. The first-order chi connectivity index (χ1) is 13.5. The monoisotopic (exact) mass is 386 g/mol. The normalized spacial score (nSPS) is 16.7. The number of carbonyl (C=O) groups excluding carboxylic acids is 2. The fourth-order valence-electron chi connectivity index (χ4n) is 3.16. The van der Waals surface area contributed by atoms with E-state index in [9.17, 15) is 24.8 Å². The summed E-state index contributed by atoms with van der Waals surface area (Å²) in [6, 6.07) is 7.59. The Labute approximate surface area is 160 Å². The molecule has 1 aromatic carbocycles. The van der Waals surface area contributed by atoms with Crippen LogP contribution in [0, 0.1) is 10.1 Å². The van der Waals surface area contributed by atoms with Crippen LogP contribution in [0.15, 0.2) is 58.4 Å². The second-order valence-corrected chi connectivity index (χ2v) is 6.16. The van der Waals surface area contributed by atoms with Crippen molar-refractivity contribution < 1.29 is 28.8 Å². The van der Waals surface area contributed by atoms with Gasteiger partial charge in [0.1, 0.15) is 0 Å². The quantitative estimate of drug-likeness (QED) is 0.320. The number of furan rings is 1. The molecule has 0 spiro atoms. The Morgan fingerprint density at radius 1 is 1.32 bits per heavy atom. The second-order valence-electron chi connectivity index (χ2n) is 6.16. The van der Waals surface area contributed by atoms with Crippen LogP contribution in [-0.2, 0) is 9.53 Å². The lowest BCUT2D eigenvalue weighted by molar-refractivity contribution is -0.384. The van der Waals surface area contributed by atoms with Crippen molar-refractivity contribution in [2.45, 2.75) is 12.5 Å². The minimum atomic E-state index is -0.886. The average Bonchev–Trinajstić information content (AvgIpc) is 3.31. The Balaban J connectivity index is 2.02. The largest absolute Gasteiger partial charge is 0.503 e. The van der Waals surface area contributed by atoms with Gasteiger partial charge in [0.05, 0.1) is 22.8 Å². The van der Waals surface area contributed by atoms with E-state index in [4.69, 9.17) is 9.15 Å². The molecule has 2 heterocycles. The average molecular weight is 386 g/mol. The van der Waals surface area contributed by atoms with Crippen molar-refractivity contribution in [1.29, 1.82) is 0 Å². The van der Waals surface area contributed by atoms with E-state index in [1.165, 1.54) is 54.7 Å². The summed E-state index contributed by atoms with van der Waals surface area (Å²) >= 11 is 0. The highest BCUT2D eigenvalue weighted by molar-refractivity contribution is 6.15. The van der Waals surface area contributed by atoms with Gasteiger partial charge in [-0.15, -0.1) is 0 Å². The zero-order valence-corrected chi connectivity index (χ0v) is 15.0. The van der Waals surface area contributed by atoms with Gasteiger partial charge in [0.15, 0.2) is 11.5 Å². The van der Waals surface area contributed by atoms with E-state index >= 15 is 0 Å². The molecule has 9 nitrogen and oxygen atoms in total. The third-order valence-corrected chi connectivity index (χ3v) is 4.46. The maximum atomic E-state index is 12.9. The molecule has 9 heteroatoms. The van der Waals surface area contributed by atoms with Gasteiger partial charge < -0.3 is 19.2 Å². The highest BCUT2D eigenvalue weighted by Crippen LogP contribution is 2.39. The summed E-state index contributed by atoms with van der Waals surface area (Å²) in [5, 5.41) is 21.3. The molecule has 1 amide bonds. The summed E-state index contributed by atoms with van der Waals surface area (Å²) < 4.78 is 10.1. The number of aliphatic hydroxyl groups is 1. The molecule has 0 saturated carbocycles. The molecule has 1 aliphatic rings. The molecule has 3 rings (SSSR count). The summed E-state index contributed by atoms with van der Waals surface area (Å²) in [6.07, 6.45) is 1.81. The molecule has 1 aliphatic heterocycles. The number of Topliss-reactive ketones (excluding diaryl/α,β-unsaturated/α-hetero) is 1. The van der Waals surface area contributed by atoms with Crippen LogP contribution >= 0.6 is 0 Å². The number of carbonyl (C=O) groups is 2. The highest BCUT2D eigenvalue weighted by atomic mass is 16.6. The predicted molar refractivity (Wildman–Crippen MR) is 96.7 cm³/mol. The van der Waals surface area contributed by atoms with E-state index in [0.717, 1.165) is 0 Å². The molecule has 1 unspecified atom stereocenters. The van der Waals surface area contributed by atoms with Gasteiger partial charge in [0.25, 0.3) is 11.6 Å². The van der Waals surface area contributed by atoms with E-state index in [1.54, 1.807) is 0 Å². The van der Waals surface area contributed by atoms with Crippen LogP contribution in [-0.4, -0.2) is 46.9 Å². The van der Waals surface area contributed by atoms with Crippen molar-refractivity contribution in [1.82, 2.24) is 4.90 Å². The molecule has 1 atom stereocenters. The van der Waals surface area contributed by atoms with Crippen LogP contribution in [0.5, 0.6) is 0 Å². The van der Waals surface area contributed by atoms with Gasteiger partial charge in [-0.2, -0.15) is 0 Å². The SMILES string of the molecule is COCCCN1C(=O)C(O)=C(C(=O)c2ccco2)C1c1ccc([N+](=O)[O-])cc1. The molecule has 0 saturated heterocycles. The Bertz CT molecular complexity index is 916. The van der Waals surface area contributed by atoms with Gasteiger partial charge in [-0.25, -0.2) is 0 Å². The van der Waals surface area contributed by atoms with Gasteiger partial charge in [-0.05, 0) is 36.2 Å². The van der Waals surface area contributed by atoms with Gasteiger partial charge in [0.2, 0.25) is 5.78 Å². The number of non-ortho nitro benzene ring substituents is 1. The number of nitro benzene ring substituents is 1. The number of hydrogen-bond donors (Lipinski definition) is 1. The standard InChI is InChI=1S/C19H18N2O7/c1-27-10-3-9-20-16(12-5-7-13(8-6-12)21(25)26)15(18(23)19(20)24)17(22)14-4-2-11-28-14/h2,4-8,11,16,23H,3,9-10H2,1H3. The lowest BCUT2D eigenvalue weighted by atomic mass is 9.95. The number of methoxy groups -OCH3 is 1. The number of nitro groups is 1. The first-order valence-electron chi connectivity index (χ1n) is 8.51. The maximum absolute atomic E-state index is 12.9. The molecule has 0 fully saturated rings. The fourth-order valence-corrected chi connectivity index (χ4v) is 3.16. The molecule has 28 heavy (non-hydrogen) atoms. The molecule has 2 aromatic rings. The van der Waals surface area contributed by atoms with E-state index in [-0.39, 0.29) is 23.6 Å². The smallest absolute Gasteiger partial charge is 0.290 e. The maximum Gasteiger partial charge on any atom is 0.290 e. The minimum Gasteiger partial charge on any atom is -0.503 e. The van der Waals surface area contributed by atoms with Gasteiger partial charge >= 0.3 is 0 Å². The lowest BCUT2D eigenvalue weighted by Gasteiger charge is -2.26. The summed E-state index contributed by atoms with van der Waals surface area (Å²) in [7, 11) is 1.53. The third kappa shape index (κ3) is 3.52. The van der Waals surface area contributed by atoms with Crippen LogP contribution in [0.4, 0.5) is 5.69 Å². The Hall–Kier alpha value is -3.46. The van der Waals surface area contributed by atoms with Crippen molar-refractivity contribution in [2.24, 2.45) is 0 Å². The van der Waals surface area contributed by atoms with Gasteiger partial charge in [-0.1, -0.05) is 0 Å². The second kappa shape index (κ2) is 8.05. The molecule has 146 valence electrons. The number of benzene rings is 1. The van der Waals surface area contributed by atoms with E-state index in [2.05, 4.69) is 0 Å². The van der Waals surface area contributed by atoms with Crippen LogP contribution in [0.25, 0.3) is 0 Å². The predicted octanol–water partition coefficient (Wildman–Crippen LogP) is 2.80. The Morgan fingerprint density at radius 2 is 2.04 bits per heavy atom. The molecular formula is C19H18N2O7. The zero-order chi connectivity index (χ0) is 20.3. The number of ketones is 1. The van der Waals surface area contributed by atoms with Crippen LogP contribution < -0.4 is 0 Å². The number of nitrogens with zero attached hydrogens (tertiary/aromatic N) is 2. The first-order valence-corrected chi connectivity index (χ1v) is 8.51. The topological polar surface area (TPSA) is 123 Å². The van der Waals surface area contributed by atoms with Crippen molar-refractivity contribution in [3.63, 3.8) is 0 Å². The number of ether oxygens (including phenoxy) is 1. The van der Waals surface area contributed by atoms with Crippen LogP contribution in [0.3, 0.4) is 0 Å². The third-order valence-electron chi connectivity index (χ3n) is 4.46. The number of aliphatic hydroxyl groups excluding tert-OH is 1. The van der Waals surface area contributed by atoms with Gasteiger partial charge in [0, 0.05) is 32.4 Å². The summed E-state index contributed by atoms with van der Waals surface area (Å²) in [5.74, 6) is -1.97. The summed E-state index contributed by atoms with van der Waals surface area (Å²) in [6.45, 7) is 0.617. The Kier molecular flexibility index (Phi) is 5.55. The van der Waals surface area contributed by atoms with Crippen molar-refractivity contribution in [3.8, 4) is 0 Å². The molecule has 1 aromatic heterocycles. The number of rotatable bonds is 8. The van der Waals surface area contributed by atoms with Gasteiger partial charge in [-0.3, -0.25) is 19.7 Å². The van der Waals surface area contributed by atoms with E-state index < -0.39 is 28.4 Å². The first kappa shape index (κ1) is 19.3. The van der Waals surface area contributed by atoms with Crippen molar-refractivity contribution in [3.05, 3.63) is 75.4 Å². The van der Waals surface area contributed by atoms with Crippen molar-refractivity contribution in [2.75, 3.05) is 20.3 Å². The van der Waals surface area contributed by atoms with Crippen LogP contribution in [0.2, 0.25) is 0 Å². The number of hydrogen-bond acceptors (Lipinski definition) is 7. The van der Waals surface area contributed by atoms with E-state index in [0.29, 0.717) is 18.6 Å². The molecule has 0 bridgehead atoms. The Morgan fingerprint density at radius 3 is 2.61 bits per heavy atom. The molecule has 1 N–H and O–H groups in total. The molecular weight excluding hydrogens is 368 g/mol. The van der Waals surface area contributed by atoms with E-state index in [1.807, 2.05) is 0 Å². The minimum absolute atomic E-state index is 0.0139. The summed E-state index contributed by atoms with van der Waals surface area (Å²) in [4.78, 5) is 37.2. The van der Waals surface area contributed by atoms with Crippen molar-refractivity contribution >= 4 is 17.4 Å². The molecule has 0 radical (unpaired) electrons. The number of amides is 1. The highest BCUT2D eigenvalue weighted by Gasteiger charge is 2.44.